The molecule has 0 spiro atoms. The Morgan fingerprint density at radius 3 is 2.95 bits per heavy atom. The lowest BCUT2D eigenvalue weighted by Gasteiger charge is -2.30. The summed E-state index contributed by atoms with van der Waals surface area (Å²) < 4.78 is 0. The van der Waals surface area contributed by atoms with Crippen molar-refractivity contribution in [1.82, 2.24) is 20.2 Å². The van der Waals surface area contributed by atoms with Crippen LogP contribution in [-0.2, 0) is 0 Å². The molecule has 0 aromatic carbocycles. The van der Waals surface area contributed by atoms with Crippen LogP contribution in [0.4, 0.5) is 11.8 Å². The van der Waals surface area contributed by atoms with Gasteiger partial charge in [-0.3, -0.25) is 5.10 Å². The Kier molecular flexibility index (Phi) is 3.71. The van der Waals surface area contributed by atoms with Crippen LogP contribution >= 0.6 is 0 Å². The summed E-state index contributed by atoms with van der Waals surface area (Å²) in [6.07, 6.45) is 6.92. The van der Waals surface area contributed by atoms with Gasteiger partial charge in [0.1, 0.15) is 5.82 Å². The van der Waals surface area contributed by atoms with Crippen LogP contribution in [0.3, 0.4) is 0 Å². The number of aromatic amines is 1. The maximum Gasteiger partial charge on any atom is 0.226 e. The Bertz CT molecular complexity index is 578. The second-order valence-electron chi connectivity index (χ2n) is 5.57. The SMILES string of the molecule is CCNc1nc(NC2CCCCC2C)c2cn[nH]c2n1. The van der Waals surface area contributed by atoms with E-state index in [1.165, 1.54) is 25.7 Å². The maximum atomic E-state index is 4.60. The van der Waals surface area contributed by atoms with Crippen molar-refractivity contribution in [3.8, 4) is 0 Å². The molecule has 108 valence electrons. The van der Waals surface area contributed by atoms with Gasteiger partial charge < -0.3 is 10.6 Å². The minimum absolute atomic E-state index is 0.492. The van der Waals surface area contributed by atoms with Crippen LogP contribution in [0.25, 0.3) is 11.0 Å². The van der Waals surface area contributed by atoms with Crippen molar-refractivity contribution in [2.75, 3.05) is 17.2 Å². The van der Waals surface area contributed by atoms with E-state index >= 15 is 0 Å². The molecule has 2 atom stereocenters. The monoisotopic (exact) mass is 274 g/mol. The molecule has 3 N–H and O–H groups in total. The largest absolute Gasteiger partial charge is 0.366 e. The van der Waals surface area contributed by atoms with E-state index in [-0.39, 0.29) is 0 Å². The van der Waals surface area contributed by atoms with E-state index in [4.69, 9.17) is 0 Å². The van der Waals surface area contributed by atoms with Crippen LogP contribution in [0, 0.1) is 5.92 Å². The first kappa shape index (κ1) is 13.1. The molecule has 0 amide bonds. The fourth-order valence-corrected chi connectivity index (χ4v) is 2.89. The number of hydrogen-bond donors (Lipinski definition) is 3. The molecule has 3 rings (SSSR count). The number of fused-ring (bicyclic) bond motifs is 1. The molecular weight excluding hydrogens is 252 g/mol. The summed E-state index contributed by atoms with van der Waals surface area (Å²) in [5, 5.41) is 14.7. The van der Waals surface area contributed by atoms with Gasteiger partial charge in [-0.1, -0.05) is 19.8 Å². The molecule has 2 aromatic heterocycles. The van der Waals surface area contributed by atoms with Crippen molar-refractivity contribution in [1.29, 1.82) is 0 Å². The summed E-state index contributed by atoms with van der Waals surface area (Å²) in [5.74, 6) is 2.22. The lowest BCUT2D eigenvalue weighted by molar-refractivity contribution is 0.349. The first-order chi connectivity index (χ1) is 9.78. The third-order valence-electron chi connectivity index (χ3n) is 4.08. The van der Waals surface area contributed by atoms with E-state index in [0.717, 1.165) is 23.4 Å². The topological polar surface area (TPSA) is 78.5 Å². The highest BCUT2D eigenvalue weighted by Crippen LogP contribution is 2.28. The van der Waals surface area contributed by atoms with Gasteiger partial charge in [-0.2, -0.15) is 15.1 Å². The van der Waals surface area contributed by atoms with Crippen LogP contribution in [0.15, 0.2) is 6.20 Å². The molecule has 2 unspecified atom stereocenters. The Hall–Kier alpha value is -1.85. The number of nitrogens with zero attached hydrogens (tertiary/aromatic N) is 3. The summed E-state index contributed by atoms with van der Waals surface area (Å²) in [7, 11) is 0. The van der Waals surface area contributed by atoms with Crippen LogP contribution in [0.1, 0.15) is 39.5 Å². The van der Waals surface area contributed by atoms with Crippen molar-refractivity contribution in [2.45, 2.75) is 45.6 Å². The van der Waals surface area contributed by atoms with E-state index in [1.807, 2.05) is 6.92 Å². The van der Waals surface area contributed by atoms with E-state index in [1.54, 1.807) is 6.20 Å². The molecule has 2 aromatic rings. The van der Waals surface area contributed by atoms with Crippen LogP contribution in [0.2, 0.25) is 0 Å². The number of anilines is 2. The minimum Gasteiger partial charge on any atom is -0.366 e. The van der Waals surface area contributed by atoms with Gasteiger partial charge in [0.15, 0.2) is 5.65 Å². The van der Waals surface area contributed by atoms with Crippen molar-refractivity contribution in [3.63, 3.8) is 0 Å². The van der Waals surface area contributed by atoms with E-state index < -0.39 is 0 Å². The summed E-state index contributed by atoms with van der Waals surface area (Å²) in [6.45, 7) is 5.16. The molecule has 0 radical (unpaired) electrons. The van der Waals surface area contributed by atoms with Gasteiger partial charge in [-0.25, -0.2) is 0 Å². The summed E-state index contributed by atoms with van der Waals surface area (Å²) >= 11 is 0. The normalized spacial score (nSPS) is 22.9. The van der Waals surface area contributed by atoms with E-state index in [2.05, 4.69) is 37.7 Å². The third kappa shape index (κ3) is 2.55. The molecule has 1 aliphatic carbocycles. The highest BCUT2D eigenvalue weighted by Gasteiger charge is 2.22. The van der Waals surface area contributed by atoms with Gasteiger partial charge >= 0.3 is 0 Å². The van der Waals surface area contributed by atoms with Gasteiger partial charge in [0, 0.05) is 12.6 Å². The highest BCUT2D eigenvalue weighted by molar-refractivity contribution is 5.87. The number of nitrogens with one attached hydrogen (secondary N) is 3. The summed E-state index contributed by atoms with van der Waals surface area (Å²) in [5.41, 5.74) is 0.780. The smallest absolute Gasteiger partial charge is 0.226 e. The van der Waals surface area contributed by atoms with Crippen molar-refractivity contribution in [2.24, 2.45) is 5.92 Å². The first-order valence-electron chi connectivity index (χ1n) is 7.49. The lowest BCUT2D eigenvalue weighted by atomic mass is 9.86. The zero-order chi connectivity index (χ0) is 13.9. The predicted molar refractivity (Wildman–Crippen MR) is 80.9 cm³/mol. The first-order valence-corrected chi connectivity index (χ1v) is 7.49. The standard InChI is InChI=1S/C14H22N6/c1-3-15-14-18-12(10-8-16-20-13(10)19-14)17-11-7-5-4-6-9(11)2/h8-9,11H,3-7H2,1-2H3,(H3,15,16,17,18,19,20). The Morgan fingerprint density at radius 1 is 1.30 bits per heavy atom. The molecule has 1 saturated carbocycles. The van der Waals surface area contributed by atoms with Gasteiger partial charge in [-0.15, -0.1) is 0 Å². The van der Waals surface area contributed by atoms with Crippen molar-refractivity contribution in [3.05, 3.63) is 6.20 Å². The molecular formula is C14H22N6. The van der Waals surface area contributed by atoms with Crippen LogP contribution in [-0.4, -0.2) is 32.8 Å². The maximum absolute atomic E-state index is 4.60. The fourth-order valence-electron chi connectivity index (χ4n) is 2.89. The Labute approximate surface area is 118 Å². The van der Waals surface area contributed by atoms with Crippen LogP contribution in [0.5, 0.6) is 0 Å². The summed E-state index contributed by atoms with van der Waals surface area (Å²) in [6, 6.07) is 0.492. The zero-order valence-corrected chi connectivity index (χ0v) is 12.1. The molecule has 1 aliphatic rings. The molecule has 6 nitrogen and oxygen atoms in total. The van der Waals surface area contributed by atoms with Crippen molar-refractivity contribution < 1.29 is 0 Å². The Morgan fingerprint density at radius 2 is 2.15 bits per heavy atom. The van der Waals surface area contributed by atoms with Gasteiger partial charge in [0.2, 0.25) is 5.95 Å². The van der Waals surface area contributed by atoms with E-state index in [9.17, 15) is 0 Å². The fraction of sp³-hybridized carbons (Fsp3) is 0.643. The average molecular weight is 274 g/mol. The number of hydrogen-bond acceptors (Lipinski definition) is 5. The average Bonchev–Trinajstić information content (AvgIpc) is 2.90. The predicted octanol–water partition coefficient (Wildman–Crippen LogP) is 2.78. The van der Waals surface area contributed by atoms with Crippen LogP contribution < -0.4 is 10.6 Å². The Balaban J connectivity index is 1.90. The number of H-pyrrole nitrogens is 1. The minimum atomic E-state index is 0.492. The lowest BCUT2D eigenvalue weighted by Crippen LogP contribution is -2.30. The third-order valence-corrected chi connectivity index (χ3v) is 4.08. The van der Waals surface area contributed by atoms with Gasteiger partial charge in [0.25, 0.3) is 0 Å². The van der Waals surface area contributed by atoms with Gasteiger partial charge in [0.05, 0.1) is 11.6 Å². The summed E-state index contributed by atoms with van der Waals surface area (Å²) in [4.78, 5) is 9.02. The molecule has 2 heterocycles. The molecule has 1 fully saturated rings. The number of aromatic nitrogens is 4. The molecule has 0 aliphatic heterocycles. The molecule has 6 heteroatoms. The molecule has 0 bridgehead atoms. The van der Waals surface area contributed by atoms with Gasteiger partial charge in [-0.05, 0) is 25.7 Å². The zero-order valence-electron chi connectivity index (χ0n) is 12.1. The molecule has 0 saturated heterocycles. The quantitative estimate of drug-likeness (QED) is 0.799. The molecule has 20 heavy (non-hydrogen) atoms. The second kappa shape index (κ2) is 5.64. The van der Waals surface area contributed by atoms with E-state index in [0.29, 0.717) is 17.9 Å². The second-order valence-corrected chi connectivity index (χ2v) is 5.57. The number of rotatable bonds is 4. The van der Waals surface area contributed by atoms with Crippen molar-refractivity contribution >= 4 is 22.8 Å². The highest BCUT2D eigenvalue weighted by atomic mass is 15.2.